The second-order valence-electron chi connectivity index (χ2n) is 7.30. The molecule has 1 heterocycles. The lowest BCUT2D eigenvalue weighted by atomic mass is 10.1. The first-order chi connectivity index (χ1) is 13.4. The fourth-order valence-electron chi connectivity index (χ4n) is 3.07. The molecule has 3 rings (SSSR count). The van der Waals surface area contributed by atoms with Gasteiger partial charge in [-0.1, -0.05) is 44.2 Å². The minimum Gasteiger partial charge on any atom is -0.352 e. The standard InChI is InChI=1S/C22H25N3O3/c1-15(2)21(27)24-18-10-8-16(9-11-18)13-23-22(28)17-12-20(26)25(14-17)19-6-4-3-5-7-19/h3-11,15,17H,12-14H2,1-2H3,(H,23,28)(H,24,27). The van der Waals surface area contributed by atoms with E-state index in [2.05, 4.69) is 10.6 Å². The Balaban J connectivity index is 1.52. The van der Waals surface area contributed by atoms with Gasteiger partial charge < -0.3 is 15.5 Å². The Bertz CT molecular complexity index is 847. The molecule has 0 aromatic heterocycles. The smallest absolute Gasteiger partial charge is 0.227 e. The summed E-state index contributed by atoms with van der Waals surface area (Å²) >= 11 is 0. The molecule has 6 heteroatoms. The summed E-state index contributed by atoms with van der Waals surface area (Å²) in [6.07, 6.45) is 0.223. The molecule has 6 nitrogen and oxygen atoms in total. The monoisotopic (exact) mass is 379 g/mol. The van der Waals surface area contributed by atoms with Crippen molar-refractivity contribution in [1.82, 2.24) is 5.32 Å². The molecule has 1 aliphatic heterocycles. The lowest BCUT2D eigenvalue weighted by molar-refractivity contribution is -0.126. The van der Waals surface area contributed by atoms with Crippen molar-refractivity contribution >= 4 is 29.1 Å². The zero-order chi connectivity index (χ0) is 20.1. The van der Waals surface area contributed by atoms with Crippen molar-refractivity contribution in [2.45, 2.75) is 26.8 Å². The molecular weight excluding hydrogens is 354 g/mol. The Morgan fingerprint density at radius 1 is 1.07 bits per heavy atom. The molecular formula is C22H25N3O3. The molecule has 28 heavy (non-hydrogen) atoms. The van der Waals surface area contributed by atoms with Gasteiger partial charge in [0.1, 0.15) is 0 Å². The number of anilines is 2. The van der Waals surface area contributed by atoms with Crippen molar-refractivity contribution in [1.29, 1.82) is 0 Å². The second kappa shape index (κ2) is 8.69. The van der Waals surface area contributed by atoms with Gasteiger partial charge in [-0.3, -0.25) is 14.4 Å². The van der Waals surface area contributed by atoms with Crippen molar-refractivity contribution in [3.63, 3.8) is 0 Å². The first kappa shape index (κ1) is 19.6. The summed E-state index contributed by atoms with van der Waals surface area (Å²) in [6, 6.07) is 16.8. The lowest BCUT2D eigenvalue weighted by Crippen LogP contribution is -2.32. The van der Waals surface area contributed by atoms with E-state index >= 15 is 0 Å². The van der Waals surface area contributed by atoms with Gasteiger partial charge in [0.25, 0.3) is 0 Å². The van der Waals surface area contributed by atoms with E-state index in [1.807, 2.05) is 68.4 Å². The van der Waals surface area contributed by atoms with Crippen LogP contribution in [0, 0.1) is 11.8 Å². The van der Waals surface area contributed by atoms with Gasteiger partial charge in [0.05, 0.1) is 5.92 Å². The van der Waals surface area contributed by atoms with Gasteiger partial charge in [0.2, 0.25) is 17.7 Å². The second-order valence-corrected chi connectivity index (χ2v) is 7.30. The van der Waals surface area contributed by atoms with E-state index in [-0.39, 0.29) is 36.0 Å². The first-order valence-electron chi connectivity index (χ1n) is 9.47. The van der Waals surface area contributed by atoms with Crippen molar-refractivity contribution in [2.24, 2.45) is 11.8 Å². The molecule has 1 aliphatic rings. The van der Waals surface area contributed by atoms with Gasteiger partial charge in [-0.05, 0) is 29.8 Å². The third kappa shape index (κ3) is 4.76. The highest BCUT2D eigenvalue weighted by atomic mass is 16.2. The molecule has 2 aromatic rings. The molecule has 0 aliphatic carbocycles. The van der Waals surface area contributed by atoms with Crippen LogP contribution < -0.4 is 15.5 Å². The summed E-state index contributed by atoms with van der Waals surface area (Å²) < 4.78 is 0. The number of benzene rings is 2. The average molecular weight is 379 g/mol. The SMILES string of the molecule is CC(C)C(=O)Nc1ccc(CNC(=O)C2CC(=O)N(c3ccccc3)C2)cc1. The van der Waals surface area contributed by atoms with Crippen LogP contribution in [-0.2, 0) is 20.9 Å². The molecule has 2 N–H and O–H groups in total. The quantitative estimate of drug-likeness (QED) is 0.810. The highest BCUT2D eigenvalue weighted by Crippen LogP contribution is 2.25. The predicted molar refractivity (Wildman–Crippen MR) is 109 cm³/mol. The maximum absolute atomic E-state index is 12.5. The molecule has 1 atom stereocenters. The van der Waals surface area contributed by atoms with Crippen LogP contribution in [0.15, 0.2) is 54.6 Å². The van der Waals surface area contributed by atoms with Crippen molar-refractivity contribution < 1.29 is 14.4 Å². The summed E-state index contributed by atoms with van der Waals surface area (Å²) in [5.74, 6) is -0.615. The van der Waals surface area contributed by atoms with Gasteiger partial charge in [-0.2, -0.15) is 0 Å². The minimum absolute atomic E-state index is 0.0309. The molecule has 0 spiro atoms. The van der Waals surface area contributed by atoms with E-state index in [1.54, 1.807) is 4.90 Å². The van der Waals surface area contributed by atoms with Gasteiger partial charge >= 0.3 is 0 Å². The molecule has 1 unspecified atom stereocenters. The average Bonchev–Trinajstić information content (AvgIpc) is 3.09. The topological polar surface area (TPSA) is 78.5 Å². The number of carbonyl (C=O) groups excluding carboxylic acids is 3. The summed E-state index contributed by atoms with van der Waals surface area (Å²) in [5, 5.41) is 5.74. The van der Waals surface area contributed by atoms with Crippen molar-refractivity contribution in [2.75, 3.05) is 16.8 Å². The Kier molecular flexibility index (Phi) is 6.09. The molecule has 3 amide bonds. The fraction of sp³-hybridized carbons (Fsp3) is 0.318. The molecule has 0 saturated carbocycles. The van der Waals surface area contributed by atoms with Crippen LogP contribution >= 0.6 is 0 Å². The number of hydrogen-bond donors (Lipinski definition) is 2. The number of rotatable bonds is 6. The van der Waals surface area contributed by atoms with E-state index < -0.39 is 0 Å². The molecule has 2 aromatic carbocycles. The Labute approximate surface area is 164 Å². The minimum atomic E-state index is -0.350. The summed E-state index contributed by atoms with van der Waals surface area (Å²) in [6.45, 7) is 4.46. The van der Waals surface area contributed by atoms with Crippen molar-refractivity contribution in [3.8, 4) is 0 Å². The van der Waals surface area contributed by atoms with Crippen LogP contribution in [0.1, 0.15) is 25.8 Å². The van der Waals surface area contributed by atoms with E-state index in [0.717, 1.165) is 16.9 Å². The number of hydrogen-bond acceptors (Lipinski definition) is 3. The highest BCUT2D eigenvalue weighted by molar-refractivity contribution is 6.00. The number of para-hydroxylation sites is 1. The maximum Gasteiger partial charge on any atom is 0.227 e. The van der Waals surface area contributed by atoms with Gasteiger partial charge in [0.15, 0.2) is 0 Å². The number of nitrogens with one attached hydrogen (secondary N) is 2. The fourth-order valence-corrected chi connectivity index (χ4v) is 3.07. The van der Waals surface area contributed by atoms with Gasteiger partial charge in [-0.25, -0.2) is 0 Å². The molecule has 146 valence electrons. The van der Waals surface area contributed by atoms with Gasteiger partial charge in [0, 0.05) is 36.8 Å². The van der Waals surface area contributed by atoms with Crippen molar-refractivity contribution in [3.05, 3.63) is 60.2 Å². The maximum atomic E-state index is 12.5. The van der Waals surface area contributed by atoms with Crippen LogP contribution in [0.2, 0.25) is 0 Å². The van der Waals surface area contributed by atoms with Crippen LogP contribution in [0.3, 0.4) is 0 Å². The normalized spacial score (nSPS) is 16.3. The third-order valence-corrected chi connectivity index (χ3v) is 4.78. The number of carbonyl (C=O) groups is 3. The summed E-state index contributed by atoms with van der Waals surface area (Å²) in [4.78, 5) is 38.1. The van der Waals surface area contributed by atoms with Crippen LogP contribution in [-0.4, -0.2) is 24.3 Å². The van der Waals surface area contributed by atoms with E-state index in [9.17, 15) is 14.4 Å². The first-order valence-corrected chi connectivity index (χ1v) is 9.47. The van der Waals surface area contributed by atoms with E-state index in [1.165, 1.54) is 0 Å². The summed E-state index contributed by atoms with van der Waals surface area (Å²) in [5.41, 5.74) is 2.48. The van der Waals surface area contributed by atoms with Crippen LogP contribution in [0.4, 0.5) is 11.4 Å². The third-order valence-electron chi connectivity index (χ3n) is 4.78. The summed E-state index contributed by atoms with van der Waals surface area (Å²) in [7, 11) is 0. The Morgan fingerprint density at radius 3 is 2.39 bits per heavy atom. The Morgan fingerprint density at radius 2 is 1.75 bits per heavy atom. The zero-order valence-corrected chi connectivity index (χ0v) is 16.1. The number of amides is 3. The van der Waals surface area contributed by atoms with Crippen LogP contribution in [0.5, 0.6) is 0 Å². The Hall–Kier alpha value is -3.15. The highest BCUT2D eigenvalue weighted by Gasteiger charge is 2.34. The molecule has 0 bridgehead atoms. The van der Waals surface area contributed by atoms with Gasteiger partial charge in [-0.15, -0.1) is 0 Å². The zero-order valence-electron chi connectivity index (χ0n) is 16.1. The number of nitrogens with zero attached hydrogens (tertiary/aromatic N) is 1. The molecule has 0 radical (unpaired) electrons. The van der Waals surface area contributed by atoms with E-state index in [0.29, 0.717) is 13.1 Å². The molecule has 1 fully saturated rings. The van der Waals surface area contributed by atoms with E-state index in [4.69, 9.17) is 0 Å². The largest absolute Gasteiger partial charge is 0.352 e. The predicted octanol–water partition coefficient (Wildman–Crippen LogP) is 2.95. The lowest BCUT2D eigenvalue weighted by Gasteiger charge is -2.16. The molecule has 1 saturated heterocycles. The van der Waals surface area contributed by atoms with Crippen LogP contribution in [0.25, 0.3) is 0 Å².